The molecule has 1 aromatic heterocycles. The molecule has 7 nitrogen and oxygen atoms in total. The fraction of sp³-hybridized carbons (Fsp3) is 0.0526. The number of ether oxygens (including phenoxy) is 1. The van der Waals surface area contributed by atoms with Crippen molar-refractivity contribution >= 4 is 35.4 Å². The number of nitrogens with one attached hydrogen (secondary N) is 1. The van der Waals surface area contributed by atoms with Crippen LogP contribution in [0.3, 0.4) is 0 Å². The van der Waals surface area contributed by atoms with Gasteiger partial charge in [-0.15, -0.1) is 5.10 Å². The summed E-state index contributed by atoms with van der Waals surface area (Å²) in [6, 6.07) is 15.6. The van der Waals surface area contributed by atoms with Crippen LogP contribution in [0.1, 0.15) is 5.56 Å². The fourth-order valence-electron chi connectivity index (χ4n) is 2.24. The number of carbonyl (C=O) groups excluding carboxylic acids is 1. The summed E-state index contributed by atoms with van der Waals surface area (Å²) in [5.41, 5.74) is 1.26. The lowest BCUT2D eigenvalue weighted by atomic mass is 10.2. The van der Waals surface area contributed by atoms with E-state index in [1.807, 2.05) is 6.07 Å². The third-order valence-corrected chi connectivity index (χ3v) is 4.60. The summed E-state index contributed by atoms with van der Waals surface area (Å²) >= 11 is 6.71. The Bertz CT molecular complexity index is 1060. The van der Waals surface area contributed by atoms with E-state index >= 15 is 0 Å². The first-order valence-electron chi connectivity index (χ1n) is 7.95. The third-order valence-electron chi connectivity index (χ3n) is 3.48. The van der Waals surface area contributed by atoms with E-state index < -0.39 is 5.97 Å². The number of hydrogen-bond acceptors (Lipinski definition) is 7. The standard InChI is InChI=1S/C19H13ClN4O3S/c20-14-7-5-12(6-8-14)17-22-19(24-23-17)28-16(18(25)26)11-13-3-1-2-4-15(13)27-10-9-21/h1-8,11H,10H2,(H,25,26)(H,22,23,24)/p-1/b16-11-. The van der Waals surface area contributed by atoms with Crippen molar-refractivity contribution < 1.29 is 14.6 Å². The minimum atomic E-state index is -1.38. The van der Waals surface area contributed by atoms with Gasteiger partial charge in [0.15, 0.2) is 12.4 Å². The first kappa shape index (κ1) is 19.5. The second-order valence-corrected chi connectivity index (χ2v) is 6.80. The van der Waals surface area contributed by atoms with E-state index in [4.69, 9.17) is 21.6 Å². The molecule has 0 fully saturated rings. The van der Waals surface area contributed by atoms with Crippen LogP contribution in [0.2, 0.25) is 5.02 Å². The lowest BCUT2D eigenvalue weighted by Crippen LogP contribution is -2.23. The van der Waals surface area contributed by atoms with Crippen molar-refractivity contribution in [1.82, 2.24) is 15.2 Å². The fourth-order valence-corrected chi connectivity index (χ4v) is 3.06. The second kappa shape index (κ2) is 9.08. The third kappa shape index (κ3) is 4.91. The van der Waals surface area contributed by atoms with Gasteiger partial charge in [-0.1, -0.05) is 29.8 Å². The number of carboxylic acid groups (broad SMARTS) is 1. The average molecular weight is 412 g/mol. The zero-order valence-corrected chi connectivity index (χ0v) is 15.8. The lowest BCUT2D eigenvalue weighted by Gasteiger charge is -2.09. The quantitative estimate of drug-likeness (QED) is 0.469. The van der Waals surface area contributed by atoms with E-state index in [-0.39, 0.29) is 16.7 Å². The van der Waals surface area contributed by atoms with Gasteiger partial charge in [0.05, 0.1) is 5.97 Å². The molecule has 3 rings (SSSR count). The molecular formula is C19H12ClN4O3S-. The van der Waals surface area contributed by atoms with Crippen LogP contribution in [0, 0.1) is 11.3 Å². The zero-order valence-electron chi connectivity index (χ0n) is 14.3. The van der Waals surface area contributed by atoms with E-state index in [0.717, 1.165) is 17.3 Å². The van der Waals surface area contributed by atoms with Crippen LogP contribution in [0.4, 0.5) is 0 Å². The smallest absolute Gasteiger partial charge is 0.213 e. The summed E-state index contributed by atoms with van der Waals surface area (Å²) in [5.74, 6) is -0.507. The number of benzene rings is 2. The molecule has 0 bridgehead atoms. The maximum Gasteiger partial charge on any atom is 0.213 e. The van der Waals surface area contributed by atoms with Gasteiger partial charge in [-0.3, -0.25) is 5.10 Å². The molecule has 0 atom stereocenters. The SMILES string of the molecule is N#CCOc1ccccc1/C=C(\Sc1n[nH]c(-c2ccc(Cl)cc2)n1)C(=O)[O-]. The summed E-state index contributed by atoms with van der Waals surface area (Å²) in [4.78, 5) is 15.8. The monoisotopic (exact) mass is 411 g/mol. The van der Waals surface area contributed by atoms with E-state index in [1.54, 1.807) is 48.5 Å². The Hall–Kier alpha value is -3.28. The number of carbonyl (C=O) groups is 1. The number of nitrogens with zero attached hydrogens (tertiary/aromatic N) is 3. The summed E-state index contributed by atoms with van der Waals surface area (Å²) in [5, 5.41) is 27.9. The molecule has 0 aliphatic heterocycles. The number of aromatic nitrogens is 3. The number of H-pyrrole nitrogens is 1. The van der Waals surface area contributed by atoms with E-state index in [0.29, 0.717) is 22.2 Å². The summed E-state index contributed by atoms with van der Waals surface area (Å²) in [7, 11) is 0. The van der Waals surface area contributed by atoms with Gasteiger partial charge < -0.3 is 14.6 Å². The van der Waals surface area contributed by atoms with Crippen molar-refractivity contribution in [1.29, 1.82) is 5.26 Å². The minimum absolute atomic E-state index is 0.102. The Balaban J connectivity index is 1.85. The zero-order chi connectivity index (χ0) is 19.9. The number of aliphatic carboxylic acids is 1. The molecule has 1 N–H and O–H groups in total. The molecule has 0 spiro atoms. The topological polar surface area (TPSA) is 115 Å². The van der Waals surface area contributed by atoms with Crippen molar-refractivity contribution in [3.8, 4) is 23.2 Å². The molecular weight excluding hydrogens is 400 g/mol. The highest BCUT2D eigenvalue weighted by atomic mass is 35.5. The molecule has 0 aliphatic carbocycles. The maximum absolute atomic E-state index is 11.6. The highest BCUT2D eigenvalue weighted by molar-refractivity contribution is 8.04. The predicted octanol–water partition coefficient (Wildman–Crippen LogP) is 2.91. The van der Waals surface area contributed by atoms with Crippen LogP contribution < -0.4 is 9.84 Å². The summed E-state index contributed by atoms with van der Waals surface area (Å²) < 4.78 is 5.31. The molecule has 0 saturated heterocycles. The Kier molecular flexibility index (Phi) is 6.32. The van der Waals surface area contributed by atoms with Crippen LogP contribution in [-0.4, -0.2) is 27.8 Å². The molecule has 28 heavy (non-hydrogen) atoms. The molecule has 2 aromatic carbocycles. The molecule has 0 radical (unpaired) electrons. The highest BCUT2D eigenvalue weighted by Gasteiger charge is 2.11. The van der Waals surface area contributed by atoms with Gasteiger partial charge in [-0.2, -0.15) is 5.26 Å². The van der Waals surface area contributed by atoms with E-state index in [1.165, 1.54) is 6.08 Å². The van der Waals surface area contributed by atoms with Crippen LogP contribution in [-0.2, 0) is 4.79 Å². The van der Waals surface area contributed by atoms with Crippen molar-refractivity contribution in [3.63, 3.8) is 0 Å². The Labute approximate surface area is 169 Å². The molecule has 0 aliphatic rings. The van der Waals surface area contributed by atoms with Gasteiger partial charge in [-0.25, -0.2) is 4.98 Å². The van der Waals surface area contributed by atoms with Gasteiger partial charge in [0.2, 0.25) is 5.16 Å². The van der Waals surface area contributed by atoms with Crippen LogP contribution in [0.15, 0.2) is 58.6 Å². The van der Waals surface area contributed by atoms with Gasteiger partial charge in [0, 0.05) is 21.1 Å². The number of nitriles is 1. The van der Waals surface area contributed by atoms with Gasteiger partial charge >= 0.3 is 0 Å². The first-order chi connectivity index (χ1) is 13.6. The normalized spacial score (nSPS) is 11.1. The number of para-hydroxylation sites is 1. The van der Waals surface area contributed by atoms with Gasteiger partial charge in [0.1, 0.15) is 11.8 Å². The minimum Gasteiger partial charge on any atom is -0.544 e. The van der Waals surface area contributed by atoms with Crippen LogP contribution >= 0.6 is 23.4 Å². The molecule has 3 aromatic rings. The predicted molar refractivity (Wildman–Crippen MR) is 103 cm³/mol. The molecule has 9 heteroatoms. The molecule has 0 saturated carbocycles. The van der Waals surface area contributed by atoms with E-state index in [2.05, 4.69) is 15.2 Å². The number of thioether (sulfide) groups is 1. The number of aromatic amines is 1. The maximum atomic E-state index is 11.6. The van der Waals surface area contributed by atoms with Crippen molar-refractivity contribution in [2.75, 3.05) is 6.61 Å². The number of carboxylic acids is 1. The number of rotatable bonds is 7. The Morgan fingerprint density at radius 1 is 1.29 bits per heavy atom. The van der Waals surface area contributed by atoms with Crippen molar-refractivity contribution in [2.24, 2.45) is 0 Å². The lowest BCUT2D eigenvalue weighted by molar-refractivity contribution is -0.297. The summed E-state index contributed by atoms with van der Waals surface area (Å²) in [6.45, 7) is -0.149. The first-order valence-corrected chi connectivity index (χ1v) is 9.14. The Morgan fingerprint density at radius 3 is 2.75 bits per heavy atom. The van der Waals surface area contributed by atoms with Gasteiger partial charge in [0.25, 0.3) is 0 Å². The van der Waals surface area contributed by atoms with Crippen LogP contribution in [0.5, 0.6) is 5.75 Å². The average Bonchev–Trinajstić information content (AvgIpc) is 3.16. The Morgan fingerprint density at radius 2 is 2.04 bits per heavy atom. The van der Waals surface area contributed by atoms with Crippen LogP contribution in [0.25, 0.3) is 17.5 Å². The molecule has 0 amide bonds. The van der Waals surface area contributed by atoms with Gasteiger partial charge in [-0.05, 0) is 48.2 Å². The number of hydrogen-bond donors (Lipinski definition) is 1. The number of halogens is 1. The van der Waals surface area contributed by atoms with Crippen molar-refractivity contribution in [3.05, 3.63) is 64.0 Å². The molecule has 0 unspecified atom stereocenters. The molecule has 140 valence electrons. The highest BCUT2D eigenvalue weighted by Crippen LogP contribution is 2.29. The van der Waals surface area contributed by atoms with Crippen molar-refractivity contribution in [2.45, 2.75) is 5.16 Å². The van der Waals surface area contributed by atoms with E-state index in [9.17, 15) is 9.90 Å². The molecule has 1 heterocycles. The summed E-state index contributed by atoms with van der Waals surface area (Å²) in [6.07, 6.45) is 1.39. The largest absolute Gasteiger partial charge is 0.544 e. The second-order valence-electron chi connectivity index (χ2n) is 5.36.